The van der Waals surface area contributed by atoms with E-state index in [2.05, 4.69) is 44.6 Å². The average molecular weight is 286 g/mol. The molecule has 0 aromatic heterocycles. The Labute approximate surface area is 123 Å². The smallest absolute Gasteiger partial charge is 1.00 e. The molecule has 17 heavy (non-hydrogen) atoms. The zero-order valence-corrected chi connectivity index (χ0v) is 12.7. The largest absolute Gasteiger partial charge is 2.00 e. The van der Waals surface area contributed by atoms with Crippen molar-refractivity contribution in [3.8, 4) is 0 Å². The molecule has 2 aliphatic rings. The van der Waals surface area contributed by atoms with Gasteiger partial charge in [-0.3, -0.25) is 0 Å². The first-order valence-electron chi connectivity index (χ1n) is 5.97. The second-order valence-electron chi connectivity index (χ2n) is 4.17. The van der Waals surface area contributed by atoms with Gasteiger partial charge in [0.15, 0.2) is 0 Å². The van der Waals surface area contributed by atoms with Crippen molar-refractivity contribution in [2.45, 2.75) is 39.5 Å². The molecule has 0 amide bonds. The van der Waals surface area contributed by atoms with Gasteiger partial charge in [-0.25, -0.2) is 0 Å². The average Bonchev–Trinajstić information content (AvgIpc) is 2.87. The SMILES string of the molecule is CCC1=C([CH-]C2=C(CC)C=CC2)CC=C1.[Cl-].[V+2]. The molecule has 91 valence electrons. The molecular weight excluding hydrogens is 267 g/mol. The van der Waals surface area contributed by atoms with Crippen LogP contribution in [0.15, 0.2) is 46.6 Å². The molecule has 0 fully saturated rings. The zero-order chi connectivity index (χ0) is 10.7. The maximum Gasteiger partial charge on any atom is 2.00 e. The summed E-state index contributed by atoms with van der Waals surface area (Å²) >= 11 is 0. The number of hydrogen-bond donors (Lipinski definition) is 0. The summed E-state index contributed by atoms with van der Waals surface area (Å²) in [4.78, 5) is 0. The van der Waals surface area contributed by atoms with Crippen LogP contribution in [0.4, 0.5) is 0 Å². The summed E-state index contributed by atoms with van der Waals surface area (Å²) < 4.78 is 0. The van der Waals surface area contributed by atoms with Gasteiger partial charge in [0, 0.05) is 0 Å². The van der Waals surface area contributed by atoms with E-state index in [1.807, 2.05) is 0 Å². The van der Waals surface area contributed by atoms with Gasteiger partial charge in [-0.05, 0) is 12.8 Å². The van der Waals surface area contributed by atoms with Crippen molar-refractivity contribution in [2.75, 3.05) is 0 Å². The Morgan fingerprint density at radius 3 is 1.71 bits per heavy atom. The van der Waals surface area contributed by atoms with Crippen LogP contribution >= 0.6 is 0 Å². The predicted molar refractivity (Wildman–Crippen MR) is 66.4 cm³/mol. The Kier molecular flexibility index (Phi) is 7.78. The van der Waals surface area contributed by atoms with Crippen molar-refractivity contribution in [3.05, 3.63) is 53.0 Å². The molecule has 0 saturated carbocycles. The maximum atomic E-state index is 2.41. The van der Waals surface area contributed by atoms with Crippen LogP contribution in [-0.4, -0.2) is 0 Å². The molecule has 0 atom stereocenters. The third-order valence-corrected chi connectivity index (χ3v) is 3.25. The van der Waals surface area contributed by atoms with Crippen LogP contribution in [0, 0.1) is 6.42 Å². The normalized spacial score (nSPS) is 17.3. The van der Waals surface area contributed by atoms with E-state index in [9.17, 15) is 0 Å². The van der Waals surface area contributed by atoms with Crippen molar-refractivity contribution in [1.82, 2.24) is 0 Å². The molecule has 2 rings (SSSR count). The Hall–Kier alpha value is -0.296. The van der Waals surface area contributed by atoms with Crippen LogP contribution in [0.25, 0.3) is 0 Å². The van der Waals surface area contributed by atoms with Crippen molar-refractivity contribution in [3.63, 3.8) is 0 Å². The quantitative estimate of drug-likeness (QED) is 0.687. The molecule has 0 aromatic carbocycles. The third kappa shape index (κ3) is 3.84. The Morgan fingerprint density at radius 2 is 1.35 bits per heavy atom. The molecule has 0 saturated heterocycles. The third-order valence-electron chi connectivity index (χ3n) is 3.25. The van der Waals surface area contributed by atoms with Crippen molar-refractivity contribution < 1.29 is 31.0 Å². The molecule has 0 N–H and O–H groups in total. The van der Waals surface area contributed by atoms with Crippen molar-refractivity contribution in [1.29, 1.82) is 0 Å². The van der Waals surface area contributed by atoms with Gasteiger partial charge in [-0.2, -0.15) is 6.42 Å². The maximum absolute atomic E-state index is 2.41. The van der Waals surface area contributed by atoms with E-state index < -0.39 is 0 Å². The van der Waals surface area contributed by atoms with Crippen LogP contribution in [0.2, 0.25) is 0 Å². The minimum Gasteiger partial charge on any atom is -1.00 e. The first kappa shape index (κ1) is 16.7. The van der Waals surface area contributed by atoms with E-state index in [4.69, 9.17) is 0 Å². The van der Waals surface area contributed by atoms with E-state index in [0.29, 0.717) is 0 Å². The number of rotatable bonds is 4. The Bertz CT molecular complexity index is 336. The molecule has 2 aliphatic carbocycles. The van der Waals surface area contributed by atoms with Gasteiger partial charge in [0.1, 0.15) is 0 Å². The van der Waals surface area contributed by atoms with Gasteiger partial charge in [0.25, 0.3) is 0 Å². The van der Waals surface area contributed by atoms with Crippen LogP contribution in [0.3, 0.4) is 0 Å². The summed E-state index contributed by atoms with van der Waals surface area (Å²) in [5.74, 6) is 0. The molecule has 0 aromatic rings. The first-order valence-corrected chi connectivity index (χ1v) is 5.97. The molecule has 2 heteroatoms. The summed E-state index contributed by atoms with van der Waals surface area (Å²) in [6.45, 7) is 4.47. The molecular formula is C15H19ClV. The second-order valence-corrected chi connectivity index (χ2v) is 4.17. The van der Waals surface area contributed by atoms with Gasteiger partial charge in [0.05, 0.1) is 0 Å². The Morgan fingerprint density at radius 1 is 0.941 bits per heavy atom. The van der Waals surface area contributed by atoms with E-state index in [1.165, 1.54) is 22.3 Å². The fourth-order valence-electron chi connectivity index (χ4n) is 2.34. The molecule has 0 nitrogen and oxygen atoms in total. The van der Waals surface area contributed by atoms with Gasteiger partial charge in [-0.1, -0.05) is 38.8 Å². The molecule has 0 heterocycles. The van der Waals surface area contributed by atoms with Crippen molar-refractivity contribution >= 4 is 0 Å². The second kappa shape index (κ2) is 7.92. The van der Waals surface area contributed by atoms with Crippen molar-refractivity contribution in [2.24, 2.45) is 0 Å². The van der Waals surface area contributed by atoms with Crippen LogP contribution in [0.5, 0.6) is 0 Å². The van der Waals surface area contributed by atoms with E-state index in [1.54, 1.807) is 0 Å². The predicted octanol–water partition coefficient (Wildman–Crippen LogP) is 1.53. The molecule has 0 bridgehead atoms. The van der Waals surface area contributed by atoms with Gasteiger partial charge >= 0.3 is 18.6 Å². The van der Waals surface area contributed by atoms with Gasteiger partial charge in [-0.15, -0.1) is 34.4 Å². The Balaban J connectivity index is 0.00000128. The monoisotopic (exact) mass is 285 g/mol. The first-order chi connectivity index (χ1) is 7.35. The summed E-state index contributed by atoms with van der Waals surface area (Å²) in [5.41, 5.74) is 6.10. The number of halogens is 1. The zero-order valence-electron chi connectivity index (χ0n) is 10.5. The van der Waals surface area contributed by atoms with Gasteiger partial charge in [0.2, 0.25) is 0 Å². The molecule has 0 spiro atoms. The molecule has 1 radical (unpaired) electrons. The fourth-order valence-corrected chi connectivity index (χ4v) is 2.34. The number of hydrogen-bond acceptors (Lipinski definition) is 0. The standard InChI is InChI=1S/C15H19.ClH.V/c1-3-12-7-5-9-14(12)11-15-10-6-8-13(15)4-2;;/h5-8,11H,3-4,9-10H2,1-2H3;1H;/q-1;;+2/p-1. The van der Waals surface area contributed by atoms with Gasteiger partial charge < -0.3 is 12.4 Å². The number of allylic oxidation sites excluding steroid dienone is 8. The van der Waals surface area contributed by atoms with E-state index in [-0.39, 0.29) is 31.0 Å². The summed E-state index contributed by atoms with van der Waals surface area (Å²) in [6, 6.07) is 0. The minimum atomic E-state index is 0. The molecule has 0 aliphatic heterocycles. The molecule has 0 unspecified atom stereocenters. The van der Waals surface area contributed by atoms with Crippen LogP contribution in [0.1, 0.15) is 39.5 Å². The topological polar surface area (TPSA) is 0 Å². The summed E-state index contributed by atoms with van der Waals surface area (Å²) in [7, 11) is 0. The van der Waals surface area contributed by atoms with Crippen LogP contribution < -0.4 is 12.4 Å². The van der Waals surface area contributed by atoms with E-state index >= 15 is 0 Å². The van der Waals surface area contributed by atoms with E-state index in [0.717, 1.165) is 25.7 Å². The summed E-state index contributed by atoms with van der Waals surface area (Å²) in [6.07, 6.45) is 16.1. The fraction of sp³-hybridized carbons (Fsp3) is 0.400. The summed E-state index contributed by atoms with van der Waals surface area (Å²) in [5, 5.41) is 0. The minimum absolute atomic E-state index is 0. The van der Waals surface area contributed by atoms with Crippen LogP contribution in [-0.2, 0) is 18.6 Å².